The maximum atomic E-state index is 11.2. The molecule has 0 atom stereocenters. The van der Waals surface area contributed by atoms with E-state index in [2.05, 4.69) is 10.6 Å². The number of hydrogen-bond acceptors (Lipinski definition) is 4. The van der Waals surface area contributed by atoms with E-state index >= 15 is 0 Å². The minimum absolute atomic E-state index is 0.0145. The van der Waals surface area contributed by atoms with Crippen LogP contribution in [0.15, 0.2) is 0 Å². The number of carbonyl (C=O) groups is 2. The van der Waals surface area contributed by atoms with Crippen LogP contribution >= 0.6 is 11.8 Å². The van der Waals surface area contributed by atoms with Gasteiger partial charge in [0.2, 0.25) is 5.91 Å². The molecule has 2 N–H and O–H groups in total. The second kappa shape index (κ2) is 10.4. The van der Waals surface area contributed by atoms with E-state index in [1.165, 1.54) is 11.8 Å². The molecular weight excluding hydrogens is 240 g/mol. The fourth-order valence-electron chi connectivity index (χ4n) is 1.03. The third kappa shape index (κ3) is 11.5. The van der Waals surface area contributed by atoms with Crippen LogP contribution in [0, 0.1) is 0 Å². The number of carbonyl (C=O) groups excluding carboxylic acids is 2. The van der Waals surface area contributed by atoms with Crippen LogP contribution in [0.2, 0.25) is 0 Å². The molecule has 0 heterocycles. The number of thioether (sulfide) groups is 1. The Morgan fingerprint density at radius 3 is 2.29 bits per heavy atom. The second-order valence-electron chi connectivity index (χ2n) is 3.84. The topological polar surface area (TPSA) is 67.4 Å². The monoisotopic (exact) mass is 262 g/mol. The van der Waals surface area contributed by atoms with Crippen LogP contribution in [0.1, 0.15) is 26.7 Å². The molecule has 0 radical (unpaired) electrons. The van der Waals surface area contributed by atoms with Crippen molar-refractivity contribution in [3.8, 4) is 0 Å². The number of ether oxygens (including phenoxy) is 1. The molecule has 0 aliphatic heterocycles. The average Bonchev–Trinajstić information content (AvgIpc) is 2.30. The molecule has 0 saturated carbocycles. The molecule has 0 rings (SSSR count). The Morgan fingerprint density at radius 1 is 1.18 bits per heavy atom. The molecule has 0 aromatic carbocycles. The minimum atomic E-state index is -0.0909. The van der Waals surface area contributed by atoms with E-state index in [9.17, 15) is 9.59 Å². The molecule has 0 aromatic heterocycles. The van der Waals surface area contributed by atoms with Crippen LogP contribution in [-0.2, 0) is 9.53 Å². The molecule has 100 valence electrons. The molecule has 0 aliphatic carbocycles. The van der Waals surface area contributed by atoms with E-state index in [0.29, 0.717) is 13.1 Å². The van der Waals surface area contributed by atoms with Gasteiger partial charge in [-0.2, -0.15) is 0 Å². The third-order valence-corrected chi connectivity index (χ3v) is 2.44. The van der Waals surface area contributed by atoms with Crippen molar-refractivity contribution in [1.82, 2.24) is 10.6 Å². The maximum Gasteiger partial charge on any atom is 0.278 e. The predicted octanol–water partition coefficient (Wildman–Crippen LogP) is 1.38. The highest BCUT2D eigenvalue weighted by Crippen LogP contribution is 1.93. The zero-order valence-corrected chi connectivity index (χ0v) is 11.6. The van der Waals surface area contributed by atoms with Crippen LogP contribution in [0.3, 0.4) is 0 Å². The number of rotatable bonds is 8. The van der Waals surface area contributed by atoms with Crippen molar-refractivity contribution in [1.29, 1.82) is 0 Å². The summed E-state index contributed by atoms with van der Waals surface area (Å²) in [5.74, 6) is -0.0909. The second-order valence-corrected chi connectivity index (χ2v) is 4.61. The highest BCUT2D eigenvalue weighted by molar-refractivity contribution is 8.12. The van der Waals surface area contributed by atoms with Gasteiger partial charge in [-0.3, -0.25) is 9.59 Å². The molecule has 6 heteroatoms. The molecule has 2 amide bonds. The van der Waals surface area contributed by atoms with E-state index in [0.717, 1.165) is 12.8 Å². The standard InChI is InChI=1S/C11H22N2O3S/c1-9(2)16-8-10(14)12-6-4-5-7-13-11(15)17-3/h9H,4-8H2,1-3H3,(H,12,14)(H,13,15). The lowest BCUT2D eigenvalue weighted by atomic mass is 10.3. The normalized spacial score (nSPS) is 10.4. The van der Waals surface area contributed by atoms with Gasteiger partial charge in [-0.1, -0.05) is 11.8 Å². The van der Waals surface area contributed by atoms with Crippen molar-refractivity contribution in [3.63, 3.8) is 0 Å². The molecule has 17 heavy (non-hydrogen) atoms. The fraction of sp³-hybridized carbons (Fsp3) is 0.818. The summed E-state index contributed by atoms with van der Waals surface area (Å²) in [5.41, 5.74) is 0. The summed E-state index contributed by atoms with van der Waals surface area (Å²) in [6.45, 7) is 5.16. The van der Waals surface area contributed by atoms with Gasteiger partial charge in [-0.15, -0.1) is 0 Å². The van der Waals surface area contributed by atoms with Crippen LogP contribution in [0.5, 0.6) is 0 Å². The van der Waals surface area contributed by atoms with E-state index in [-0.39, 0.29) is 23.9 Å². The summed E-state index contributed by atoms with van der Waals surface area (Å²) >= 11 is 1.17. The Labute approximate surface area is 107 Å². The van der Waals surface area contributed by atoms with Crippen molar-refractivity contribution in [3.05, 3.63) is 0 Å². The number of amides is 2. The molecular formula is C11H22N2O3S. The van der Waals surface area contributed by atoms with E-state index < -0.39 is 0 Å². The first-order valence-corrected chi connectivity index (χ1v) is 6.99. The first kappa shape index (κ1) is 16.2. The molecule has 0 aromatic rings. The summed E-state index contributed by atoms with van der Waals surface area (Å²) in [7, 11) is 0. The third-order valence-electron chi connectivity index (χ3n) is 1.93. The van der Waals surface area contributed by atoms with Gasteiger partial charge >= 0.3 is 0 Å². The van der Waals surface area contributed by atoms with Gasteiger partial charge in [0.1, 0.15) is 6.61 Å². The first-order chi connectivity index (χ1) is 8.06. The quantitative estimate of drug-likeness (QED) is 0.649. The van der Waals surface area contributed by atoms with Gasteiger partial charge in [0.25, 0.3) is 5.24 Å². The van der Waals surface area contributed by atoms with Crippen molar-refractivity contribution in [2.24, 2.45) is 0 Å². The van der Waals surface area contributed by atoms with Gasteiger partial charge in [-0.25, -0.2) is 0 Å². The van der Waals surface area contributed by atoms with Crippen LogP contribution in [0.25, 0.3) is 0 Å². The molecule has 0 aliphatic rings. The van der Waals surface area contributed by atoms with Gasteiger partial charge in [0.15, 0.2) is 0 Å². The number of hydrogen-bond donors (Lipinski definition) is 2. The Balaban J connectivity index is 3.27. The SMILES string of the molecule is CSC(=O)NCCCCNC(=O)COC(C)C. The Bertz CT molecular complexity index is 235. The lowest BCUT2D eigenvalue weighted by Crippen LogP contribution is -2.30. The summed E-state index contributed by atoms with van der Waals surface area (Å²) in [5, 5.41) is 5.49. The molecule has 0 bridgehead atoms. The molecule has 5 nitrogen and oxygen atoms in total. The Hall–Kier alpha value is -0.750. The Kier molecular flexibility index (Phi) is 9.95. The summed E-state index contributed by atoms with van der Waals surface area (Å²) < 4.78 is 5.16. The van der Waals surface area contributed by atoms with Crippen molar-refractivity contribution < 1.29 is 14.3 Å². The molecule has 0 fully saturated rings. The van der Waals surface area contributed by atoms with Crippen molar-refractivity contribution in [2.75, 3.05) is 26.0 Å². The fourth-order valence-corrected chi connectivity index (χ4v) is 1.28. The van der Waals surface area contributed by atoms with Crippen LogP contribution in [0.4, 0.5) is 4.79 Å². The molecule has 0 saturated heterocycles. The minimum Gasteiger partial charge on any atom is -0.369 e. The van der Waals surface area contributed by atoms with Crippen molar-refractivity contribution >= 4 is 22.9 Å². The highest BCUT2D eigenvalue weighted by atomic mass is 32.2. The Morgan fingerprint density at radius 2 is 1.76 bits per heavy atom. The van der Waals surface area contributed by atoms with Gasteiger partial charge in [0, 0.05) is 13.1 Å². The smallest absolute Gasteiger partial charge is 0.278 e. The van der Waals surface area contributed by atoms with E-state index in [1.54, 1.807) is 6.26 Å². The summed E-state index contributed by atoms with van der Waals surface area (Å²) in [4.78, 5) is 22.1. The zero-order chi connectivity index (χ0) is 13.1. The highest BCUT2D eigenvalue weighted by Gasteiger charge is 2.02. The van der Waals surface area contributed by atoms with Gasteiger partial charge in [0.05, 0.1) is 6.10 Å². The average molecular weight is 262 g/mol. The van der Waals surface area contributed by atoms with Crippen LogP contribution in [-0.4, -0.2) is 43.2 Å². The van der Waals surface area contributed by atoms with E-state index in [4.69, 9.17) is 4.74 Å². The van der Waals surface area contributed by atoms with Gasteiger partial charge in [-0.05, 0) is 32.9 Å². The maximum absolute atomic E-state index is 11.2. The summed E-state index contributed by atoms with van der Waals surface area (Å²) in [6, 6.07) is 0. The molecule has 0 spiro atoms. The van der Waals surface area contributed by atoms with Crippen molar-refractivity contribution in [2.45, 2.75) is 32.8 Å². The first-order valence-electron chi connectivity index (χ1n) is 5.76. The molecule has 0 unspecified atom stereocenters. The lowest BCUT2D eigenvalue weighted by Gasteiger charge is -2.08. The lowest BCUT2D eigenvalue weighted by molar-refractivity contribution is -0.127. The largest absolute Gasteiger partial charge is 0.369 e. The van der Waals surface area contributed by atoms with Gasteiger partial charge < -0.3 is 15.4 Å². The zero-order valence-electron chi connectivity index (χ0n) is 10.7. The number of nitrogens with one attached hydrogen (secondary N) is 2. The van der Waals surface area contributed by atoms with Crippen LogP contribution < -0.4 is 10.6 Å². The summed E-state index contributed by atoms with van der Waals surface area (Å²) in [6.07, 6.45) is 3.52. The van der Waals surface area contributed by atoms with E-state index in [1.807, 2.05) is 13.8 Å². The number of unbranched alkanes of at least 4 members (excludes halogenated alkanes) is 1. The predicted molar refractivity (Wildman–Crippen MR) is 70.2 cm³/mol.